The minimum Gasteiger partial charge on any atom is -0.324 e. The molecule has 2 aliphatic rings. The van der Waals surface area contributed by atoms with E-state index in [0.717, 1.165) is 35.2 Å². The van der Waals surface area contributed by atoms with Crippen molar-refractivity contribution in [3.05, 3.63) is 106 Å². The zero-order valence-electron chi connectivity index (χ0n) is 20.9. The molecule has 1 aromatic heterocycles. The van der Waals surface area contributed by atoms with Gasteiger partial charge in [0.15, 0.2) is 0 Å². The van der Waals surface area contributed by atoms with E-state index in [2.05, 4.69) is 104 Å². The fourth-order valence-electron chi connectivity index (χ4n) is 5.54. The summed E-state index contributed by atoms with van der Waals surface area (Å²) in [5.41, 5.74) is 8.48. The van der Waals surface area contributed by atoms with Gasteiger partial charge in [-0.2, -0.15) is 0 Å². The van der Waals surface area contributed by atoms with Crippen LogP contribution in [0.15, 0.2) is 83.5 Å². The monoisotopic (exact) mass is 574 g/mol. The van der Waals surface area contributed by atoms with Crippen molar-refractivity contribution in [2.24, 2.45) is 0 Å². The van der Waals surface area contributed by atoms with Crippen LogP contribution in [0.3, 0.4) is 0 Å². The molecule has 37 heavy (non-hydrogen) atoms. The smallest absolute Gasteiger partial charge is 0.227 e. The van der Waals surface area contributed by atoms with Gasteiger partial charge in [0.05, 0.1) is 5.69 Å². The van der Waals surface area contributed by atoms with Gasteiger partial charge in [-0.05, 0) is 85.3 Å². The summed E-state index contributed by atoms with van der Waals surface area (Å²) in [4.78, 5) is 12.3. The summed E-state index contributed by atoms with van der Waals surface area (Å²) in [6.07, 6.45) is 8.09. The topological polar surface area (TPSA) is 41.1 Å². The molecule has 0 saturated carbocycles. The third kappa shape index (κ3) is 5.90. The number of benzene rings is 3. The SMILES string of the molecule is Brc1ccc([C@H]2Cc3cnc(Nc4ccc(CCN5CCCCC5)cc4)nc3-c3ccccc32)cc1.Cl. The minimum atomic E-state index is 0. The van der Waals surface area contributed by atoms with Crippen molar-refractivity contribution < 1.29 is 0 Å². The Morgan fingerprint density at radius 3 is 2.43 bits per heavy atom. The zero-order chi connectivity index (χ0) is 24.3. The van der Waals surface area contributed by atoms with Crippen molar-refractivity contribution in [2.45, 2.75) is 38.0 Å². The summed E-state index contributed by atoms with van der Waals surface area (Å²) < 4.78 is 1.10. The van der Waals surface area contributed by atoms with Crippen molar-refractivity contribution in [1.82, 2.24) is 14.9 Å². The maximum atomic E-state index is 4.98. The van der Waals surface area contributed by atoms with Crippen LogP contribution < -0.4 is 5.32 Å². The van der Waals surface area contributed by atoms with Crippen LogP contribution in [0.25, 0.3) is 11.3 Å². The van der Waals surface area contributed by atoms with Gasteiger partial charge in [0.2, 0.25) is 5.95 Å². The molecule has 4 nitrogen and oxygen atoms in total. The lowest BCUT2D eigenvalue weighted by atomic mass is 9.78. The highest BCUT2D eigenvalue weighted by Crippen LogP contribution is 2.42. The summed E-state index contributed by atoms with van der Waals surface area (Å²) in [7, 11) is 0. The fraction of sp³-hybridized carbons (Fsp3) is 0.290. The molecule has 0 spiro atoms. The van der Waals surface area contributed by atoms with E-state index in [1.54, 1.807) is 0 Å². The molecule has 1 atom stereocenters. The molecular formula is C31H32BrClN4. The van der Waals surface area contributed by atoms with E-state index in [0.29, 0.717) is 11.9 Å². The Hall–Kier alpha value is -2.73. The summed E-state index contributed by atoms with van der Waals surface area (Å²) in [6, 6.07) is 26.1. The number of halogens is 2. The molecule has 1 aliphatic carbocycles. The number of nitrogens with zero attached hydrogens (tertiary/aromatic N) is 3. The lowest BCUT2D eigenvalue weighted by molar-refractivity contribution is 0.231. The number of anilines is 2. The molecule has 0 radical (unpaired) electrons. The number of nitrogens with one attached hydrogen (secondary N) is 1. The first-order valence-electron chi connectivity index (χ1n) is 13.0. The van der Waals surface area contributed by atoms with Crippen molar-refractivity contribution in [1.29, 1.82) is 0 Å². The van der Waals surface area contributed by atoms with E-state index < -0.39 is 0 Å². The Kier molecular flexibility index (Phi) is 8.23. The number of piperidine rings is 1. The van der Waals surface area contributed by atoms with Crippen molar-refractivity contribution in [3.63, 3.8) is 0 Å². The molecule has 0 amide bonds. The van der Waals surface area contributed by atoms with Crippen LogP contribution in [0.4, 0.5) is 11.6 Å². The second kappa shape index (κ2) is 11.8. The summed E-state index contributed by atoms with van der Waals surface area (Å²) in [5, 5.41) is 3.43. The molecule has 0 bridgehead atoms. The van der Waals surface area contributed by atoms with Gasteiger partial charge in [-0.3, -0.25) is 0 Å². The summed E-state index contributed by atoms with van der Waals surface area (Å²) >= 11 is 3.56. The Balaban J connectivity index is 0.00000280. The molecule has 1 saturated heterocycles. The number of hydrogen-bond donors (Lipinski definition) is 1. The van der Waals surface area contributed by atoms with Gasteiger partial charge < -0.3 is 10.2 Å². The van der Waals surface area contributed by atoms with Crippen molar-refractivity contribution in [3.8, 4) is 11.3 Å². The first-order chi connectivity index (χ1) is 17.7. The predicted octanol–water partition coefficient (Wildman–Crippen LogP) is 7.79. The molecule has 0 unspecified atom stereocenters. The predicted molar refractivity (Wildman–Crippen MR) is 158 cm³/mol. The average molecular weight is 576 g/mol. The van der Waals surface area contributed by atoms with Crippen LogP contribution in [-0.2, 0) is 12.8 Å². The molecule has 190 valence electrons. The van der Waals surface area contributed by atoms with Crippen LogP contribution in [0.2, 0.25) is 0 Å². The number of aromatic nitrogens is 2. The van der Waals surface area contributed by atoms with Gasteiger partial charge in [0.25, 0.3) is 0 Å². The lowest BCUT2D eigenvalue weighted by Gasteiger charge is -2.27. The molecular weight excluding hydrogens is 544 g/mol. The third-order valence-corrected chi connectivity index (χ3v) is 8.06. The number of rotatable bonds is 6. The maximum Gasteiger partial charge on any atom is 0.227 e. The van der Waals surface area contributed by atoms with E-state index in [1.807, 2.05) is 6.20 Å². The van der Waals surface area contributed by atoms with Gasteiger partial charge in [0, 0.05) is 34.4 Å². The molecule has 6 rings (SSSR count). The van der Waals surface area contributed by atoms with Crippen LogP contribution in [-0.4, -0.2) is 34.5 Å². The van der Waals surface area contributed by atoms with E-state index >= 15 is 0 Å². The van der Waals surface area contributed by atoms with Gasteiger partial charge in [-0.25, -0.2) is 9.97 Å². The van der Waals surface area contributed by atoms with Crippen molar-refractivity contribution in [2.75, 3.05) is 25.0 Å². The highest BCUT2D eigenvalue weighted by molar-refractivity contribution is 9.10. The molecule has 3 aromatic carbocycles. The number of fused-ring (bicyclic) bond motifs is 3. The van der Waals surface area contributed by atoms with Gasteiger partial charge in [-0.15, -0.1) is 12.4 Å². The quantitative estimate of drug-likeness (QED) is 0.255. The Morgan fingerprint density at radius 2 is 1.65 bits per heavy atom. The molecule has 1 N–H and O–H groups in total. The Bertz CT molecular complexity index is 1330. The van der Waals surface area contributed by atoms with E-state index in [-0.39, 0.29) is 12.4 Å². The number of likely N-dealkylation sites (tertiary alicyclic amines) is 1. The minimum absolute atomic E-state index is 0. The van der Waals surface area contributed by atoms with Crippen LogP contribution in [0.5, 0.6) is 0 Å². The molecule has 4 aromatic rings. The second-order valence-electron chi connectivity index (χ2n) is 9.94. The molecule has 1 aliphatic heterocycles. The maximum absolute atomic E-state index is 4.98. The van der Waals surface area contributed by atoms with E-state index in [4.69, 9.17) is 4.98 Å². The van der Waals surface area contributed by atoms with Crippen LogP contribution in [0.1, 0.15) is 47.4 Å². The molecule has 1 fully saturated rings. The van der Waals surface area contributed by atoms with Gasteiger partial charge in [-0.1, -0.05) is 70.9 Å². The van der Waals surface area contributed by atoms with E-state index in [9.17, 15) is 0 Å². The first-order valence-corrected chi connectivity index (χ1v) is 13.8. The average Bonchev–Trinajstić information content (AvgIpc) is 2.93. The van der Waals surface area contributed by atoms with Crippen molar-refractivity contribution >= 4 is 40.0 Å². The highest BCUT2D eigenvalue weighted by atomic mass is 79.9. The summed E-state index contributed by atoms with van der Waals surface area (Å²) in [5.74, 6) is 0.952. The second-order valence-corrected chi connectivity index (χ2v) is 10.9. The van der Waals surface area contributed by atoms with Crippen LogP contribution >= 0.6 is 28.3 Å². The Morgan fingerprint density at radius 1 is 0.892 bits per heavy atom. The number of hydrogen-bond acceptors (Lipinski definition) is 4. The Labute approximate surface area is 234 Å². The summed E-state index contributed by atoms with van der Waals surface area (Å²) in [6.45, 7) is 3.66. The normalized spacial score (nSPS) is 16.8. The first kappa shape index (κ1) is 25.9. The molecule has 6 heteroatoms. The zero-order valence-corrected chi connectivity index (χ0v) is 23.3. The molecule has 2 heterocycles. The van der Waals surface area contributed by atoms with E-state index in [1.165, 1.54) is 60.2 Å². The van der Waals surface area contributed by atoms with Crippen LogP contribution in [0, 0.1) is 0 Å². The highest BCUT2D eigenvalue weighted by Gasteiger charge is 2.27. The largest absolute Gasteiger partial charge is 0.324 e. The third-order valence-electron chi connectivity index (χ3n) is 7.53. The fourth-order valence-corrected chi connectivity index (χ4v) is 5.81. The standard InChI is InChI=1S/C31H31BrN4.ClH/c32-25-12-10-23(11-13-25)29-20-24-21-33-31(35-30(24)28-7-3-2-6-27(28)29)34-26-14-8-22(9-15-26)16-19-36-17-4-1-5-18-36;/h2-3,6-15,21,29H,1,4-5,16-20H2,(H,33,34,35);1H/t29-;/m1./s1. The van der Waals surface area contributed by atoms with Gasteiger partial charge in [0.1, 0.15) is 0 Å². The van der Waals surface area contributed by atoms with Gasteiger partial charge >= 0.3 is 0 Å². The lowest BCUT2D eigenvalue weighted by Crippen LogP contribution is -2.31.